The summed E-state index contributed by atoms with van der Waals surface area (Å²) in [6.07, 6.45) is 4.17. The molecule has 0 spiro atoms. The maximum Gasteiger partial charge on any atom is 0.0201 e. The Morgan fingerprint density at radius 2 is 2.29 bits per heavy atom. The van der Waals surface area contributed by atoms with Crippen LogP contribution in [0.5, 0.6) is 0 Å². The Kier molecular flexibility index (Phi) is 3.50. The molecule has 3 heteroatoms. The monoisotopic (exact) mass is 250 g/mol. The molecule has 1 aromatic rings. The minimum atomic E-state index is 0.696. The van der Waals surface area contributed by atoms with Gasteiger partial charge in [-0.05, 0) is 37.3 Å². The predicted octanol–water partition coefficient (Wildman–Crippen LogP) is 2.68. The molecule has 1 aliphatic carbocycles. The number of likely N-dealkylation sites (N-methyl/N-ethyl adjacent to an activating group) is 1. The summed E-state index contributed by atoms with van der Waals surface area (Å²) in [7, 11) is 0. The molecule has 1 saturated heterocycles. The van der Waals surface area contributed by atoms with Crippen molar-refractivity contribution in [3.05, 3.63) is 22.4 Å². The van der Waals surface area contributed by atoms with Crippen molar-refractivity contribution in [1.82, 2.24) is 10.2 Å². The average molecular weight is 250 g/mol. The largest absolute Gasteiger partial charge is 0.313 e. The quantitative estimate of drug-likeness (QED) is 0.884. The lowest BCUT2D eigenvalue weighted by atomic mass is 9.92. The Labute approximate surface area is 108 Å². The van der Waals surface area contributed by atoms with Gasteiger partial charge in [0, 0.05) is 36.0 Å². The third kappa shape index (κ3) is 2.72. The van der Waals surface area contributed by atoms with E-state index in [2.05, 4.69) is 34.7 Å². The molecule has 0 bridgehead atoms. The van der Waals surface area contributed by atoms with Crippen molar-refractivity contribution in [2.24, 2.45) is 0 Å². The highest BCUT2D eigenvalue weighted by Crippen LogP contribution is 2.36. The van der Waals surface area contributed by atoms with Crippen molar-refractivity contribution < 1.29 is 0 Å². The normalized spacial score (nSPS) is 30.6. The van der Waals surface area contributed by atoms with Crippen LogP contribution in [0.1, 0.15) is 37.0 Å². The first-order chi connectivity index (χ1) is 8.36. The Bertz CT molecular complexity index is 345. The van der Waals surface area contributed by atoms with E-state index in [1.807, 2.05) is 11.3 Å². The molecule has 1 saturated carbocycles. The number of likely N-dealkylation sites (tertiary alicyclic amines) is 1. The molecule has 2 nitrogen and oxygen atoms in total. The Morgan fingerprint density at radius 1 is 1.41 bits per heavy atom. The average Bonchev–Trinajstić information content (AvgIpc) is 3.05. The van der Waals surface area contributed by atoms with Crippen LogP contribution in [0.4, 0.5) is 0 Å². The lowest BCUT2D eigenvalue weighted by molar-refractivity contribution is 0.165. The lowest BCUT2D eigenvalue weighted by Gasteiger charge is -2.38. The van der Waals surface area contributed by atoms with E-state index in [0.717, 1.165) is 18.5 Å². The number of nitrogens with zero attached hydrogens (tertiary/aromatic N) is 1. The van der Waals surface area contributed by atoms with Crippen LogP contribution in [0.25, 0.3) is 0 Å². The van der Waals surface area contributed by atoms with E-state index in [-0.39, 0.29) is 0 Å². The van der Waals surface area contributed by atoms with E-state index >= 15 is 0 Å². The molecule has 2 atom stereocenters. The second kappa shape index (κ2) is 5.09. The first-order valence-electron chi connectivity index (χ1n) is 6.87. The van der Waals surface area contributed by atoms with Gasteiger partial charge in [-0.3, -0.25) is 4.90 Å². The van der Waals surface area contributed by atoms with Gasteiger partial charge in [-0.2, -0.15) is 0 Å². The Balaban J connectivity index is 1.70. The van der Waals surface area contributed by atoms with Gasteiger partial charge < -0.3 is 5.32 Å². The molecule has 2 unspecified atom stereocenters. The maximum absolute atomic E-state index is 3.65. The van der Waals surface area contributed by atoms with Crippen molar-refractivity contribution in [1.29, 1.82) is 0 Å². The van der Waals surface area contributed by atoms with E-state index in [1.54, 1.807) is 4.88 Å². The highest BCUT2D eigenvalue weighted by atomic mass is 32.1. The summed E-state index contributed by atoms with van der Waals surface area (Å²) in [6, 6.07) is 6.10. The van der Waals surface area contributed by atoms with Crippen molar-refractivity contribution >= 4 is 11.3 Å². The zero-order valence-electron chi connectivity index (χ0n) is 10.6. The van der Waals surface area contributed by atoms with Gasteiger partial charge in [-0.1, -0.05) is 13.0 Å². The zero-order chi connectivity index (χ0) is 11.7. The summed E-state index contributed by atoms with van der Waals surface area (Å²) in [5.74, 6) is 0.758. The minimum Gasteiger partial charge on any atom is -0.313 e. The highest BCUT2D eigenvalue weighted by molar-refractivity contribution is 7.10. The number of rotatable bonds is 4. The van der Waals surface area contributed by atoms with Crippen LogP contribution >= 0.6 is 11.3 Å². The fourth-order valence-corrected chi connectivity index (χ4v) is 3.87. The van der Waals surface area contributed by atoms with Gasteiger partial charge in [-0.15, -0.1) is 11.3 Å². The molecule has 0 radical (unpaired) electrons. The Hall–Kier alpha value is -0.380. The van der Waals surface area contributed by atoms with Gasteiger partial charge in [0.05, 0.1) is 0 Å². The standard InChI is InChI=1S/C14H22N2S/c1-2-15-12-8-11(14-4-3-7-17-14)9-16(10-12)13-5-6-13/h3-4,7,11-13,15H,2,5-6,8-10H2,1H3. The van der Waals surface area contributed by atoms with E-state index in [0.29, 0.717) is 6.04 Å². The molecule has 1 aromatic heterocycles. The SMILES string of the molecule is CCNC1CC(c2cccs2)CN(C2CC2)C1. The molecule has 0 amide bonds. The van der Waals surface area contributed by atoms with Gasteiger partial charge >= 0.3 is 0 Å². The van der Waals surface area contributed by atoms with E-state index in [1.165, 1.54) is 32.4 Å². The first-order valence-corrected chi connectivity index (χ1v) is 7.75. The van der Waals surface area contributed by atoms with Crippen molar-refractivity contribution in [2.45, 2.75) is 44.2 Å². The van der Waals surface area contributed by atoms with Crippen LogP contribution in [0.3, 0.4) is 0 Å². The number of hydrogen-bond donors (Lipinski definition) is 1. The lowest BCUT2D eigenvalue weighted by Crippen LogP contribution is -2.49. The minimum absolute atomic E-state index is 0.696. The summed E-state index contributed by atoms with van der Waals surface area (Å²) in [6.45, 7) is 5.87. The van der Waals surface area contributed by atoms with E-state index < -0.39 is 0 Å². The second-order valence-electron chi connectivity index (χ2n) is 5.39. The van der Waals surface area contributed by atoms with Crippen LogP contribution in [-0.2, 0) is 0 Å². The van der Waals surface area contributed by atoms with Gasteiger partial charge in [0.15, 0.2) is 0 Å². The molecule has 2 aliphatic rings. The molecular formula is C14H22N2S. The van der Waals surface area contributed by atoms with E-state index in [4.69, 9.17) is 0 Å². The van der Waals surface area contributed by atoms with Crippen molar-refractivity contribution in [3.8, 4) is 0 Å². The smallest absolute Gasteiger partial charge is 0.0201 e. The highest BCUT2D eigenvalue weighted by Gasteiger charge is 2.36. The van der Waals surface area contributed by atoms with Crippen molar-refractivity contribution in [3.63, 3.8) is 0 Å². The van der Waals surface area contributed by atoms with Crippen LogP contribution in [0, 0.1) is 0 Å². The number of hydrogen-bond acceptors (Lipinski definition) is 3. The molecule has 0 aromatic carbocycles. The fourth-order valence-electron chi connectivity index (χ4n) is 3.04. The summed E-state index contributed by atoms with van der Waals surface area (Å²) >= 11 is 1.93. The van der Waals surface area contributed by atoms with E-state index in [9.17, 15) is 0 Å². The van der Waals surface area contributed by atoms with Gasteiger partial charge in [-0.25, -0.2) is 0 Å². The van der Waals surface area contributed by atoms with Gasteiger partial charge in [0.2, 0.25) is 0 Å². The molecule has 1 N–H and O–H groups in total. The third-order valence-corrected chi connectivity index (χ3v) is 5.02. The molecule has 2 fully saturated rings. The Morgan fingerprint density at radius 3 is 2.94 bits per heavy atom. The number of thiophene rings is 1. The fraction of sp³-hybridized carbons (Fsp3) is 0.714. The molecular weight excluding hydrogens is 228 g/mol. The van der Waals surface area contributed by atoms with Crippen molar-refractivity contribution in [2.75, 3.05) is 19.6 Å². The van der Waals surface area contributed by atoms with Gasteiger partial charge in [0.1, 0.15) is 0 Å². The third-order valence-electron chi connectivity index (χ3n) is 3.98. The summed E-state index contributed by atoms with van der Waals surface area (Å²) in [4.78, 5) is 4.31. The molecule has 1 aliphatic heterocycles. The second-order valence-corrected chi connectivity index (χ2v) is 6.37. The van der Waals surface area contributed by atoms with Gasteiger partial charge in [0.25, 0.3) is 0 Å². The number of nitrogens with one attached hydrogen (secondary N) is 1. The molecule has 94 valence electrons. The molecule has 2 heterocycles. The summed E-state index contributed by atoms with van der Waals surface area (Å²) < 4.78 is 0. The van der Waals surface area contributed by atoms with Crippen LogP contribution in [-0.4, -0.2) is 36.6 Å². The topological polar surface area (TPSA) is 15.3 Å². The first kappa shape index (κ1) is 11.7. The van der Waals surface area contributed by atoms with Crippen LogP contribution in [0.2, 0.25) is 0 Å². The molecule has 3 rings (SSSR count). The maximum atomic E-state index is 3.65. The van der Waals surface area contributed by atoms with Crippen LogP contribution < -0.4 is 5.32 Å². The van der Waals surface area contributed by atoms with Crippen LogP contribution in [0.15, 0.2) is 17.5 Å². The summed E-state index contributed by atoms with van der Waals surface area (Å²) in [5, 5.41) is 5.87. The zero-order valence-corrected chi connectivity index (χ0v) is 11.4. The predicted molar refractivity (Wildman–Crippen MR) is 73.7 cm³/mol. The molecule has 17 heavy (non-hydrogen) atoms. The number of piperidine rings is 1. The summed E-state index contributed by atoms with van der Waals surface area (Å²) in [5.41, 5.74) is 0.